The maximum Gasteiger partial charge on any atom is 0.416 e. The summed E-state index contributed by atoms with van der Waals surface area (Å²) in [6.07, 6.45) is -4.75. The van der Waals surface area contributed by atoms with E-state index in [0.29, 0.717) is 11.6 Å². The molecule has 0 radical (unpaired) electrons. The summed E-state index contributed by atoms with van der Waals surface area (Å²) in [6.45, 7) is 0. The molecule has 0 saturated heterocycles. The highest BCUT2D eigenvalue weighted by atomic mass is 32.2. The lowest BCUT2D eigenvalue weighted by atomic mass is 10.1. The van der Waals surface area contributed by atoms with Gasteiger partial charge in [0.15, 0.2) is 0 Å². The third-order valence-corrected chi connectivity index (χ3v) is 5.86. The molecule has 0 bridgehead atoms. The minimum atomic E-state index is -4.63. The van der Waals surface area contributed by atoms with Gasteiger partial charge in [-0.15, -0.1) is 0 Å². The van der Waals surface area contributed by atoms with Crippen molar-refractivity contribution in [2.75, 3.05) is 4.72 Å². The Morgan fingerprint density at radius 3 is 2.12 bits per heavy atom. The van der Waals surface area contributed by atoms with Crippen molar-refractivity contribution in [1.82, 2.24) is 10.9 Å². The lowest BCUT2D eigenvalue weighted by Crippen LogP contribution is -2.42. The number of alkyl halides is 3. The van der Waals surface area contributed by atoms with Crippen LogP contribution in [0.15, 0.2) is 77.7 Å². The quantitative estimate of drug-likeness (QED) is 0.359. The molecule has 3 rings (SSSR count). The van der Waals surface area contributed by atoms with Crippen LogP contribution in [0, 0.1) is 5.82 Å². The van der Waals surface area contributed by atoms with Gasteiger partial charge in [-0.3, -0.25) is 25.2 Å². The first kappa shape index (κ1) is 24.7. The Hall–Kier alpha value is -3.93. The van der Waals surface area contributed by atoms with Crippen molar-refractivity contribution >= 4 is 27.5 Å². The first-order valence-corrected chi connectivity index (χ1v) is 11.1. The number of anilines is 1. The zero-order chi connectivity index (χ0) is 24.9. The molecule has 0 unspecified atom stereocenters. The first-order chi connectivity index (χ1) is 15.9. The van der Waals surface area contributed by atoms with Crippen molar-refractivity contribution in [3.63, 3.8) is 0 Å². The lowest BCUT2D eigenvalue weighted by Gasteiger charge is -2.12. The Bertz CT molecular complexity index is 1290. The number of benzene rings is 3. The van der Waals surface area contributed by atoms with Crippen LogP contribution in [0.1, 0.15) is 21.5 Å². The van der Waals surface area contributed by atoms with Crippen LogP contribution in [0.25, 0.3) is 0 Å². The van der Waals surface area contributed by atoms with E-state index in [1.807, 2.05) is 0 Å². The molecule has 0 atom stereocenters. The molecule has 2 amide bonds. The van der Waals surface area contributed by atoms with Crippen molar-refractivity contribution in [1.29, 1.82) is 0 Å². The molecule has 0 aliphatic rings. The molecule has 0 spiro atoms. The molecule has 3 aromatic carbocycles. The Kier molecular flexibility index (Phi) is 7.20. The number of sulfonamides is 1. The van der Waals surface area contributed by atoms with Gasteiger partial charge in [-0.05, 0) is 60.2 Å². The highest BCUT2D eigenvalue weighted by molar-refractivity contribution is 7.92. The summed E-state index contributed by atoms with van der Waals surface area (Å²) in [4.78, 5) is 23.8. The molecule has 0 aromatic heterocycles. The van der Waals surface area contributed by atoms with E-state index in [4.69, 9.17) is 0 Å². The van der Waals surface area contributed by atoms with Crippen molar-refractivity contribution in [3.8, 4) is 0 Å². The van der Waals surface area contributed by atoms with Gasteiger partial charge in [0, 0.05) is 11.3 Å². The molecular formula is C22H17F4N3O4S. The van der Waals surface area contributed by atoms with Gasteiger partial charge in [-0.25, -0.2) is 12.8 Å². The smallest absolute Gasteiger partial charge is 0.280 e. The molecule has 178 valence electrons. The van der Waals surface area contributed by atoms with Crippen molar-refractivity contribution < 1.29 is 35.6 Å². The normalized spacial score (nSPS) is 11.5. The van der Waals surface area contributed by atoms with E-state index in [1.54, 1.807) is 0 Å². The summed E-state index contributed by atoms with van der Waals surface area (Å²) >= 11 is 0. The molecule has 0 fully saturated rings. The number of hydrogen-bond donors (Lipinski definition) is 3. The molecular weight excluding hydrogens is 478 g/mol. The first-order valence-electron chi connectivity index (χ1n) is 9.58. The largest absolute Gasteiger partial charge is 0.416 e. The predicted molar refractivity (Wildman–Crippen MR) is 114 cm³/mol. The topological polar surface area (TPSA) is 104 Å². The van der Waals surface area contributed by atoms with E-state index < -0.39 is 39.4 Å². The fourth-order valence-corrected chi connectivity index (χ4v) is 3.84. The average molecular weight is 495 g/mol. The highest BCUT2D eigenvalue weighted by Gasteiger charge is 2.30. The second-order valence-electron chi connectivity index (χ2n) is 7.01. The summed E-state index contributed by atoms with van der Waals surface area (Å²) in [5.74, 6) is -1.75. The standard InChI is InChI=1S/C22H17F4N3O4S/c23-17-8-4-14(5-9-17)12-20(30)27-28-21(31)15-6-10-19(11-7-15)34(32,33)29-18-3-1-2-16(13-18)22(24,25)26/h1-11,13,29H,12H2,(H,27,30)(H,28,31). The Morgan fingerprint density at radius 2 is 1.50 bits per heavy atom. The molecule has 3 aromatic rings. The zero-order valence-electron chi connectivity index (χ0n) is 17.2. The third kappa shape index (κ3) is 6.54. The van der Waals surface area contributed by atoms with E-state index in [2.05, 4.69) is 15.6 Å². The second-order valence-corrected chi connectivity index (χ2v) is 8.70. The Labute approximate surface area is 191 Å². The van der Waals surface area contributed by atoms with E-state index in [0.717, 1.165) is 24.3 Å². The summed E-state index contributed by atoms with van der Waals surface area (Å²) in [6, 6.07) is 13.4. The number of hydrogen-bond acceptors (Lipinski definition) is 4. The fourth-order valence-electron chi connectivity index (χ4n) is 2.79. The van der Waals surface area contributed by atoms with Gasteiger partial charge in [0.05, 0.1) is 16.9 Å². The molecule has 0 aliphatic heterocycles. The van der Waals surface area contributed by atoms with E-state index in [9.17, 15) is 35.6 Å². The highest BCUT2D eigenvalue weighted by Crippen LogP contribution is 2.31. The minimum absolute atomic E-state index is 0.0140. The van der Waals surface area contributed by atoms with Gasteiger partial charge in [0.25, 0.3) is 15.9 Å². The maximum absolute atomic E-state index is 12.9. The van der Waals surface area contributed by atoms with E-state index in [1.165, 1.54) is 42.5 Å². The van der Waals surface area contributed by atoms with Crippen molar-refractivity contribution in [2.24, 2.45) is 0 Å². The van der Waals surface area contributed by atoms with Crippen molar-refractivity contribution in [3.05, 3.63) is 95.3 Å². The van der Waals surface area contributed by atoms with Crippen LogP contribution in [0.3, 0.4) is 0 Å². The molecule has 7 nitrogen and oxygen atoms in total. The number of carbonyl (C=O) groups excluding carboxylic acids is 2. The van der Waals surface area contributed by atoms with Crippen LogP contribution in [-0.2, 0) is 27.4 Å². The number of carbonyl (C=O) groups is 2. The lowest BCUT2D eigenvalue weighted by molar-refractivity contribution is -0.137. The monoisotopic (exact) mass is 495 g/mol. The van der Waals surface area contributed by atoms with Crippen molar-refractivity contribution in [2.45, 2.75) is 17.5 Å². The summed E-state index contributed by atoms with van der Waals surface area (Å²) in [5, 5.41) is 0. The molecule has 0 heterocycles. The Balaban J connectivity index is 1.60. The van der Waals surface area contributed by atoms with Crippen LogP contribution in [0.4, 0.5) is 23.2 Å². The molecule has 0 saturated carbocycles. The fraction of sp³-hybridized carbons (Fsp3) is 0.0909. The SMILES string of the molecule is O=C(Cc1ccc(F)cc1)NNC(=O)c1ccc(S(=O)(=O)Nc2cccc(C(F)(F)F)c2)cc1. The molecule has 3 N–H and O–H groups in total. The molecule has 0 aliphatic carbocycles. The second kappa shape index (κ2) is 9.91. The summed E-state index contributed by atoms with van der Waals surface area (Å²) in [7, 11) is -4.23. The summed E-state index contributed by atoms with van der Waals surface area (Å²) in [5.41, 5.74) is 3.60. The van der Waals surface area contributed by atoms with Gasteiger partial charge >= 0.3 is 6.18 Å². The number of rotatable bonds is 6. The number of hydrazine groups is 1. The number of nitrogens with one attached hydrogen (secondary N) is 3. The van der Waals surface area contributed by atoms with Crippen LogP contribution in [0.2, 0.25) is 0 Å². The Morgan fingerprint density at radius 1 is 0.853 bits per heavy atom. The number of halogens is 4. The van der Waals surface area contributed by atoms with Gasteiger partial charge < -0.3 is 0 Å². The predicted octanol–water partition coefficient (Wildman–Crippen LogP) is 3.65. The third-order valence-electron chi connectivity index (χ3n) is 4.46. The van der Waals surface area contributed by atoms with E-state index >= 15 is 0 Å². The van der Waals surface area contributed by atoms with Crippen LogP contribution in [0.5, 0.6) is 0 Å². The van der Waals surface area contributed by atoms with Crippen LogP contribution >= 0.6 is 0 Å². The summed E-state index contributed by atoms with van der Waals surface area (Å²) < 4.78 is 78.4. The molecule has 34 heavy (non-hydrogen) atoms. The van der Waals surface area contributed by atoms with Gasteiger partial charge in [0.2, 0.25) is 5.91 Å². The van der Waals surface area contributed by atoms with Gasteiger partial charge in [-0.1, -0.05) is 18.2 Å². The number of amides is 2. The zero-order valence-corrected chi connectivity index (χ0v) is 18.0. The van der Waals surface area contributed by atoms with Gasteiger partial charge in [0.1, 0.15) is 5.82 Å². The molecule has 12 heteroatoms. The minimum Gasteiger partial charge on any atom is -0.280 e. The average Bonchev–Trinajstić information content (AvgIpc) is 2.78. The van der Waals surface area contributed by atoms with Gasteiger partial charge in [-0.2, -0.15) is 13.2 Å². The van der Waals surface area contributed by atoms with Crippen LogP contribution in [-0.4, -0.2) is 20.2 Å². The van der Waals surface area contributed by atoms with Crippen LogP contribution < -0.4 is 15.6 Å². The van der Waals surface area contributed by atoms with E-state index in [-0.39, 0.29) is 22.6 Å². The maximum atomic E-state index is 12.9.